The van der Waals surface area contributed by atoms with Crippen molar-refractivity contribution in [3.8, 4) is 0 Å². The maximum atomic E-state index is 11.8. The van der Waals surface area contributed by atoms with E-state index in [0.29, 0.717) is 6.54 Å². The second-order valence-corrected chi connectivity index (χ2v) is 5.06. The second kappa shape index (κ2) is 4.98. The second-order valence-electron chi connectivity index (χ2n) is 5.06. The highest BCUT2D eigenvalue weighted by Crippen LogP contribution is 2.19. The highest BCUT2D eigenvalue weighted by molar-refractivity contribution is 5.83. The molecule has 0 aliphatic carbocycles. The van der Waals surface area contributed by atoms with Gasteiger partial charge in [0.2, 0.25) is 0 Å². The number of hydrogen-bond acceptors (Lipinski definition) is 2. The van der Waals surface area contributed by atoms with E-state index in [1.807, 2.05) is 18.2 Å². The van der Waals surface area contributed by atoms with Crippen molar-refractivity contribution in [2.75, 3.05) is 0 Å². The molecule has 4 heteroatoms. The first kappa shape index (κ1) is 12.7. The highest BCUT2D eigenvalue weighted by atomic mass is 16.1. The molecule has 0 radical (unpaired) electrons. The third-order valence-electron chi connectivity index (χ3n) is 3.61. The molecule has 20 heavy (non-hydrogen) atoms. The molecule has 0 aliphatic heterocycles. The number of nitrogens with two attached hydrogens (primary N) is 1. The number of aromatic nitrogens is 2. The fraction of sp³-hybridized carbons (Fsp3) is 0.188. The molecule has 0 saturated heterocycles. The Balaban J connectivity index is 1.90. The maximum Gasteiger partial charge on any atom is 0.327 e. The lowest BCUT2D eigenvalue weighted by atomic mass is 10.0. The molecule has 0 spiro atoms. The molecule has 0 saturated carbocycles. The predicted molar refractivity (Wildman–Crippen MR) is 80.5 cm³/mol. The van der Waals surface area contributed by atoms with Gasteiger partial charge >= 0.3 is 5.69 Å². The van der Waals surface area contributed by atoms with Gasteiger partial charge in [0.25, 0.3) is 0 Å². The summed E-state index contributed by atoms with van der Waals surface area (Å²) in [6.45, 7) is 0.484. The topological polar surface area (TPSA) is 52.9 Å². The summed E-state index contributed by atoms with van der Waals surface area (Å²) in [6.07, 6.45) is 3.51. The van der Waals surface area contributed by atoms with Gasteiger partial charge in [-0.3, -0.25) is 4.57 Å². The molecule has 2 aromatic carbocycles. The molecule has 1 atom stereocenters. The molecular formula is C16H17N3O. The summed E-state index contributed by atoms with van der Waals surface area (Å²) in [5.41, 5.74) is 7.23. The van der Waals surface area contributed by atoms with Crippen molar-refractivity contribution in [3.63, 3.8) is 0 Å². The van der Waals surface area contributed by atoms with Gasteiger partial charge in [-0.05, 0) is 22.4 Å². The molecule has 1 heterocycles. The molecule has 0 aliphatic rings. The van der Waals surface area contributed by atoms with E-state index >= 15 is 0 Å². The van der Waals surface area contributed by atoms with E-state index in [-0.39, 0.29) is 11.7 Å². The third kappa shape index (κ3) is 2.26. The van der Waals surface area contributed by atoms with Crippen LogP contribution < -0.4 is 11.4 Å². The maximum absolute atomic E-state index is 11.8. The third-order valence-corrected chi connectivity index (χ3v) is 3.61. The van der Waals surface area contributed by atoms with Crippen LogP contribution >= 0.6 is 0 Å². The van der Waals surface area contributed by atoms with Crippen LogP contribution in [0.25, 0.3) is 10.8 Å². The Labute approximate surface area is 117 Å². The van der Waals surface area contributed by atoms with Crippen molar-refractivity contribution in [3.05, 3.63) is 70.9 Å². The Kier molecular flexibility index (Phi) is 3.16. The summed E-state index contributed by atoms with van der Waals surface area (Å²) < 4.78 is 3.19. The minimum Gasteiger partial charge on any atom is -0.322 e. The Hall–Kier alpha value is -2.33. The zero-order chi connectivity index (χ0) is 14.1. The van der Waals surface area contributed by atoms with Gasteiger partial charge in [-0.2, -0.15) is 0 Å². The average molecular weight is 267 g/mol. The molecule has 2 N–H and O–H groups in total. The number of rotatable bonds is 3. The highest BCUT2D eigenvalue weighted by Gasteiger charge is 2.09. The van der Waals surface area contributed by atoms with E-state index in [0.717, 1.165) is 5.56 Å². The first-order valence-corrected chi connectivity index (χ1v) is 6.61. The fourth-order valence-electron chi connectivity index (χ4n) is 2.41. The zero-order valence-corrected chi connectivity index (χ0v) is 11.4. The van der Waals surface area contributed by atoms with Crippen molar-refractivity contribution >= 4 is 10.8 Å². The van der Waals surface area contributed by atoms with E-state index < -0.39 is 0 Å². The number of fused-ring (bicyclic) bond motifs is 1. The summed E-state index contributed by atoms with van der Waals surface area (Å²) in [4.78, 5) is 11.8. The van der Waals surface area contributed by atoms with Crippen LogP contribution in [0.5, 0.6) is 0 Å². The number of nitrogens with zero attached hydrogens (tertiary/aromatic N) is 2. The Bertz CT molecular complexity index is 801. The van der Waals surface area contributed by atoms with Crippen molar-refractivity contribution in [1.82, 2.24) is 9.13 Å². The van der Waals surface area contributed by atoms with E-state index in [4.69, 9.17) is 5.73 Å². The average Bonchev–Trinajstić information content (AvgIpc) is 2.78. The lowest BCUT2D eigenvalue weighted by Crippen LogP contribution is -2.27. The summed E-state index contributed by atoms with van der Waals surface area (Å²) in [5.74, 6) is 0. The predicted octanol–water partition coefficient (Wildman–Crippen LogP) is 2.04. The van der Waals surface area contributed by atoms with E-state index in [9.17, 15) is 4.79 Å². The van der Waals surface area contributed by atoms with Crippen molar-refractivity contribution in [2.45, 2.75) is 12.6 Å². The molecule has 3 rings (SSSR count). The van der Waals surface area contributed by atoms with Crippen LogP contribution in [0.1, 0.15) is 11.6 Å². The van der Waals surface area contributed by atoms with Crippen LogP contribution in [-0.4, -0.2) is 9.13 Å². The Morgan fingerprint density at radius 2 is 1.85 bits per heavy atom. The summed E-state index contributed by atoms with van der Waals surface area (Å²) in [5, 5.41) is 2.36. The monoisotopic (exact) mass is 267 g/mol. The van der Waals surface area contributed by atoms with Crippen LogP contribution in [0.2, 0.25) is 0 Å². The molecular weight excluding hydrogens is 250 g/mol. The first-order valence-electron chi connectivity index (χ1n) is 6.61. The van der Waals surface area contributed by atoms with Crippen LogP contribution in [-0.2, 0) is 13.6 Å². The van der Waals surface area contributed by atoms with Gasteiger partial charge in [-0.15, -0.1) is 0 Å². The molecule has 0 amide bonds. The first-order chi connectivity index (χ1) is 9.65. The minimum absolute atomic E-state index is 0.0405. The molecule has 102 valence electrons. The zero-order valence-electron chi connectivity index (χ0n) is 11.4. The van der Waals surface area contributed by atoms with Gasteiger partial charge in [-0.25, -0.2) is 4.79 Å². The summed E-state index contributed by atoms with van der Waals surface area (Å²) in [7, 11) is 1.74. The van der Waals surface area contributed by atoms with Crippen molar-refractivity contribution in [2.24, 2.45) is 12.8 Å². The molecule has 3 aromatic rings. The summed E-state index contributed by atoms with van der Waals surface area (Å²) >= 11 is 0. The molecule has 4 nitrogen and oxygen atoms in total. The lowest BCUT2D eigenvalue weighted by Gasteiger charge is -2.13. The normalized spacial score (nSPS) is 12.7. The van der Waals surface area contributed by atoms with Crippen molar-refractivity contribution in [1.29, 1.82) is 0 Å². The van der Waals surface area contributed by atoms with Gasteiger partial charge in [0.15, 0.2) is 0 Å². The molecule has 1 aromatic heterocycles. The van der Waals surface area contributed by atoms with E-state index in [1.54, 1.807) is 28.6 Å². The lowest BCUT2D eigenvalue weighted by molar-refractivity contribution is 0.555. The van der Waals surface area contributed by atoms with E-state index in [1.165, 1.54) is 10.8 Å². The van der Waals surface area contributed by atoms with Gasteiger partial charge in [0, 0.05) is 32.0 Å². The number of imidazole rings is 1. The fourth-order valence-corrected chi connectivity index (χ4v) is 2.41. The Morgan fingerprint density at radius 3 is 2.55 bits per heavy atom. The van der Waals surface area contributed by atoms with Crippen molar-refractivity contribution < 1.29 is 0 Å². The number of benzene rings is 2. The Morgan fingerprint density at radius 1 is 1.10 bits per heavy atom. The van der Waals surface area contributed by atoms with Gasteiger partial charge in [0.05, 0.1) is 0 Å². The van der Waals surface area contributed by atoms with Crippen LogP contribution in [0.4, 0.5) is 0 Å². The SMILES string of the molecule is Cn1ccn(CC(N)c2ccc3ccccc3c2)c1=O. The quantitative estimate of drug-likeness (QED) is 0.789. The minimum atomic E-state index is -0.195. The molecule has 1 unspecified atom stereocenters. The van der Waals surface area contributed by atoms with Crippen LogP contribution in [0.3, 0.4) is 0 Å². The van der Waals surface area contributed by atoms with Crippen LogP contribution in [0, 0.1) is 0 Å². The molecule has 0 bridgehead atoms. The van der Waals surface area contributed by atoms with Gasteiger partial charge < -0.3 is 10.3 Å². The van der Waals surface area contributed by atoms with Gasteiger partial charge in [-0.1, -0.05) is 36.4 Å². The standard InChI is InChI=1S/C16H17N3O/c1-18-8-9-19(16(18)20)11-15(17)14-7-6-12-4-2-3-5-13(12)10-14/h2-10,15H,11,17H2,1H3. The number of aryl methyl sites for hydroxylation is 1. The molecule has 0 fully saturated rings. The van der Waals surface area contributed by atoms with Gasteiger partial charge in [0.1, 0.15) is 0 Å². The number of hydrogen-bond donors (Lipinski definition) is 1. The smallest absolute Gasteiger partial charge is 0.322 e. The van der Waals surface area contributed by atoms with Crippen LogP contribution in [0.15, 0.2) is 59.7 Å². The largest absolute Gasteiger partial charge is 0.327 e. The van der Waals surface area contributed by atoms with E-state index in [2.05, 4.69) is 24.3 Å². The summed E-state index contributed by atoms with van der Waals surface area (Å²) in [6, 6.07) is 14.2.